The van der Waals surface area contributed by atoms with Crippen LogP contribution in [0.5, 0.6) is 0 Å². The van der Waals surface area contributed by atoms with E-state index in [9.17, 15) is 22.8 Å². The molecule has 1 aliphatic rings. The van der Waals surface area contributed by atoms with Crippen LogP contribution in [-0.2, 0) is 4.74 Å². The Morgan fingerprint density at radius 3 is 2.50 bits per heavy atom. The Bertz CT molecular complexity index is 366. The topological polar surface area (TPSA) is 108 Å². The van der Waals surface area contributed by atoms with E-state index in [0.717, 1.165) is 5.32 Å². The third-order valence-corrected chi connectivity index (χ3v) is 1.59. The Morgan fingerprint density at radius 2 is 2.06 bits per heavy atom. The molecule has 1 aliphatic heterocycles. The summed E-state index contributed by atoms with van der Waals surface area (Å²) in [6.45, 7) is 0. The van der Waals surface area contributed by atoms with Gasteiger partial charge in [0.1, 0.15) is 0 Å². The van der Waals surface area contributed by atoms with Gasteiger partial charge in [-0.1, -0.05) is 0 Å². The molecule has 1 unspecified atom stereocenters. The smallest absolute Gasteiger partial charge is 0.449 e. The number of amides is 2. The number of carbonyl (C=O) groups excluding carboxylic acids is 1. The first-order chi connectivity index (χ1) is 7.17. The zero-order valence-corrected chi connectivity index (χ0v) is 7.33. The van der Waals surface area contributed by atoms with Crippen LogP contribution in [0, 0.1) is 0 Å². The van der Waals surface area contributed by atoms with Gasteiger partial charge < -0.3 is 20.3 Å². The fourth-order valence-corrected chi connectivity index (χ4v) is 0.905. The predicted octanol–water partition coefficient (Wildman–Crippen LogP) is 0.0861. The third kappa shape index (κ3) is 2.00. The molecule has 0 bridgehead atoms. The van der Waals surface area contributed by atoms with Crippen molar-refractivity contribution in [2.24, 2.45) is 0 Å². The SMILES string of the molecule is O=C1NC=C(OC(=O)O)C(O)(C(F)(F)F)N1. The van der Waals surface area contributed by atoms with Crippen molar-refractivity contribution in [1.29, 1.82) is 0 Å². The minimum Gasteiger partial charge on any atom is -0.449 e. The lowest BCUT2D eigenvalue weighted by Gasteiger charge is -2.33. The number of rotatable bonds is 1. The lowest BCUT2D eigenvalue weighted by molar-refractivity contribution is -0.262. The van der Waals surface area contributed by atoms with E-state index in [0.29, 0.717) is 6.20 Å². The van der Waals surface area contributed by atoms with E-state index in [2.05, 4.69) is 4.74 Å². The molecule has 0 aromatic heterocycles. The Labute approximate surface area is 85.5 Å². The number of urea groups is 1. The fraction of sp³-hybridized carbons (Fsp3) is 0.333. The monoisotopic (exact) mass is 242 g/mol. The summed E-state index contributed by atoms with van der Waals surface area (Å²) in [5.74, 6) is -1.40. The van der Waals surface area contributed by atoms with Crippen LogP contribution in [0.3, 0.4) is 0 Å². The largest absolute Gasteiger partial charge is 0.511 e. The maximum absolute atomic E-state index is 12.4. The molecule has 2 amide bonds. The molecule has 0 saturated carbocycles. The minimum atomic E-state index is -5.33. The Kier molecular flexibility index (Phi) is 2.69. The molecule has 7 nitrogen and oxygen atoms in total. The predicted molar refractivity (Wildman–Crippen MR) is 39.9 cm³/mol. The van der Waals surface area contributed by atoms with Crippen molar-refractivity contribution in [2.75, 3.05) is 0 Å². The first kappa shape index (κ1) is 12.1. The van der Waals surface area contributed by atoms with Crippen LogP contribution in [0.15, 0.2) is 12.0 Å². The summed E-state index contributed by atoms with van der Waals surface area (Å²) in [4.78, 5) is 20.7. The lowest BCUT2D eigenvalue weighted by Crippen LogP contribution is -2.64. The molecule has 0 aromatic carbocycles. The van der Waals surface area contributed by atoms with E-state index in [-0.39, 0.29) is 0 Å². The van der Waals surface area contributed by atoms with Crippen LogP contribution < -0.4 is 10.6 Å². The number of nitrogens with one attached hydrogen (secondary N) is 2. The van der Waals surface area contributed by atoms with Crippen LogP contribution in [0.1, 0.15) is 0 Å². The van der Waals surface area contributed by atoms with Gasteiger partial charge in [0.25, 0.3) is 5.72 Å². The summed E-state index contributed by atoms with van der Waals surface area (Å²) >= 11 is 0. The molecule has 0 fully saturated rings. The Balaban J connectivity index is 3.11. The molecule has 1 heterocycles. The second kappa shape index (κ2) is 3.56. The van der Waals surface area contributed by atoms with Crippen LogP contribution in [0.4, 0.5) is 22.8 Å². The van der Waals surface area contributed by atoms with Crippen molar-refractivity contribution in [3.8, 4) is 0 Å². The highest BCUT2D eigenvalue weighted by Gasteiger charge is 2.61. The molecule has 0 radical (unpaired) electrons. The van der Waals surface area contributed by atoms with Gasteiger partial charge in [-0.25, -0.2) is 9.59 Å². The summed E-state index contributed by atoms with van der Waals surface area (Å²) in [7, 11) is 0. The highest BCUT2D eigenvalue weighted by molar-refractivity contribution is 5.78. The molecule has 1 rings (SSSR count). The molecule has 0 spiro atoms. The fourth-order valence-electron chi connectivity index (χ4n) is 0.905. The second-order valence-corrected chi connectivity index (χ2v) is 2.68. The molecular weight excluding hydrogens is 237 g/mol. The number of hydrogen-bond donors (Lipinski definition) is 4. The summed E-state index contributed by atoms with van der Waals surface area (Å²) in [6, 6.07) is -1.35. The van der Waals surface area contributed by atoms with Gasteiger partial charge in [-0.05, 0) is 0 Å². The quantitative estimate of drug-likeness (QED) is 0.487. The zero-order chi connectivity index (χ0) is 12.6. The highest BCUT2D eigenvalue weighted by atomic mass is 19.4. The number of halogens is 3. The number of ether oxygens (including phenoxy) is 1. The van der Waals surface area contributed by atoms with E-state index >= 15 is 0 Å². The standard InChI is InChI=1S/C6H5F3N2O5/c7-6(8,9)5(15)2(16-4(13)14)1-10-3(12)11-5/h1,15H,(H,13,14)(H2,10,11,12). The van der Waals surface area contributed by atoms with Crippen LogP contribution >= 0.6 is 0 Å². The molecular formula is C6H5F3N2O5. The first-order valence-electron chi connectivity index (χ1n) is 3.66. The van der Waals surface area contributed by atoms with Gasteiger partial charge >= 0.3 is 18.4 Å². The van der Waals surface area contributed by atoms with Crippen molar-refractivity contribution in [1.82, 2.24) is 10.6 Å². The van der Waals surface area contributed by atoms with E-state index in [1.165, 1.54) is 0 Å². The van der Waals surface area contributed by atoms with Crippen LogP contribution in [0.25, 0.3) is 0 Å². The molecule has 90 valence electrons. The van der Waals surface area contributed by atoms with Gasteiger partial charge in [-0.2, -0.15) is 13.2 Å². The van der Waals surface area contributed by atoms with Crippen molar-refractivity contribution < 1.29 is 37.7 Å². The van der Waals surface area contributed by atoms with Crippen molar-refractivity contribution in [3.63, 3.8) is 0 Å². The molecule has 10 heteroatoms. The van der Waals surface area contributed by atoms with Gasteiger partial charge in [0, 0.05) is 6.20 Å². The number of carboxylic acid groups (broad SMARTS) is 1. The van der Waals surface area contributed by atoms with Gasteiger partial charge in [-0.3, -0.25) is 5.32 Å². The summed E-state index contributed by atoms with van der Waals surface area (Å²) in [5.41, 5.74) is -3.87. The minimum absolute atomic E-state index is 0.306. The summed E-state index contributed by atoms with van der Waals surface area (Å²) in [6.07, 6.45) is -7.08. The van der Waals surface area contributed by atoms with Gasteiger partial charge in [-0.15, -0.1) is 0 Å². The Morgan fingerprint density at radius 1 is 1.50 bits per heavy atom. The Hall–Kier alpha value is -1.97. The molecule has 0 aliphatic carbocycles. The van der Waals surface area contributed by atoms with Gasteiger partial charge in [0.05, 0.1) is 0 Å². The molecule has 0 saturated heterocycles. The van der Waals surface area contributed by atoms with Crippen LogP contribution in [0.2, 0.25) is 0 Å². The average Bonchev–Trinajstić information content (AvgIpc) is 2.07. The van der Waals surface area contributed by atoms with E-state index in [4.69, 9.17) is 10.2 Å². The maximum Gasteiger partial charge on any atom is 0.511 e. The van der Waals surface area contributed by atoms with Crippen molar-refractivity contribution >= 4 is 12.2 Å². The summed E-state index contributed by atoms with van der Waals surface area (Å²) in [5, 5.41) is 20.1. The number of alkyl halides is 3. The van der Waals surface area contributed by atoms with Gasteiger partial charge in [0.2, 0.25) is 0 Å². The van der Waals surface area contributed by atoms with Crippen molar-refractivity contribution in [2.45, 2.75) is 11.9 Å². The van der Waals surface area contributed by atoms with Crippen molar-refractivity contribution in [3.05, 3.63) is 12.0 Å². The average molecular weight is 242 g/mol. The van der Waals surface area contributed by atoms with E-state index in [1.807, 2.05) is 0 Å². The molecule has 1 atom stereocenters. The van der Waals surface area contributed by atoms with E-state index in [1.54, 1.807) is 5.32 Å². The molecule has 0 aromatic rings. The maximum atomic E-state index is 12.4. The number of carbonyl (C=O) groups is 2. The zero-order valence-electron chi connectivity index (χ0n) is 7.33. The third-order valence-electron chi connectivity index (χ3n) is 1.59. The number of aliphatic hydroxyl groups is 1. The van der Waals surface area contributed by atoms with Gasteiger partial charge in [0.15, 0.2) is 5.76 Å². The first-order valence-corrected chi connectivity index (χ1v) is 3.66. The normalized spacial score (nSPS) is 25.2. The molecule has 16 heavy (non-hydrogen) atoms. The summed E-state index contributed by atoms with van der Waals surface area (Å²) < 4.78 is 40.9. The number of hydrogen-bond acceptors (Lipinski definition) is 4. The lowest BCUT2D eigenvalue weighted by atomic mass is 10.1. The van der Waals surface area contributed by atoms with Crippen LogP contribution in [-0.4, -0.2) is 34.3 Å². The molecule has 4 N–H and O–H groups in total. The second-order valence-electron chi connectivity index (χ2n) is 2.68. The highest BCUT2D eigenvalue weighted by Crippen LogP contribution is 2.35. The van der Waals surface area contributed by atoms with E-state index < -0.39 is 29.8 Å².